The van der Waals surface area contributed by atoms with Gasteiger partial charge in [0.1, 0.15) is 0 Å². The average molecular weight is 182 g/mol. The lowest BCUT2D eigenvalue weighted by atomic mass is 10.1. The molecule has 2 atom stereocenters. The van der Waals surface area contributed by atoms with Gasteiger partial charge in [0.15, 0.2) is 0 Å². The molecular weight excluding hydrogens is 164 g/mol. The van der Waals surface area contributed by atoms with E-state index in [0.717, 1.165) is 0 Å². The Morgan fingerprint density at radius 2 is 2.00 bits per heavy atom. The van der Waals surface area contributed by atoms with Gasteiger partial charge in [-0.05, 0) is 19.8 Å². The minimum absolute atomic E-state index is 0.0631. The summed E-state index contributed by atoms with van der Waals surface area (Å²) < 4.78 is 0. The summed E-state index contributed by atoms with van der Waals surface area (Å²) in [5, 5.41) is 0. The van der Waals surface area contributed by atoms with E-state index < -0.39 is 0 Å². The Morgan fingerprint density at radius 3 is 2.46 bits per heavy atom. The van der Waals surface area contributed by atoms with Gasteiger partial charge >= 0.3 is 0 Å². The van der Waals surface area contributed by atoms with Crippen molar-refractivity contribution in [1.29, 1.82) is 0 Å². The Hall–Kier alpha value is -0.570. The van der Waals surface area contributed by atoms with Crippen LogP contribution in [0.3, 0.4) is 0 Å². The number of amides is 1. The van der Waals surface area contributed by atoms with Gasteiger partial charge in [0.25, 0.3) is 0 Å². The monoisotopic (exact) mass is 182 g/mol. The third kappa shape index (κ3) is 1.46. The highest BCUT2D eigenvalue weighted by atomic mass is 16.2. The van der Waals surface area contributed by atoms with Crippen LogP contribution in [-0.4, -0.2) is 28.9 Å². The largest absolute Gasteiger partial charge is 0.335 e. The van der Waals surface area contributed by atoms with E-state index in [1.165, 1.54) is 25.7 Å². The molecule has 0 bridgehead atoms. The molecule has 1 saturated carbocycles. The number of nitrogens with two attached hydrogens (primary N) is 1. The highest BCUT2D eigenvalue weighted by molar-refractivity contribution is 5.80. The summed E-state index contributed by atoms with van der Waals surface area (Å²) in [4.78, 5) is 13.7. The number of carbonyl (C=O) groups excluding carboxylic acids is 1. The fourth-order valence-corrected chi connectivity index (χ4v) is 2.63. The summed E-state index contributed by atoms with van der Waals surface area (Å²) in [6.07, 6.45) is 5.47. The molecule has 0 aromatic heterocycles. The van der Waals surface area contributed by atoms with Gasteiger partial charge in [-0.1, -0.05) is 12.8 Å². The van der Waals surface area contributed by atoms with Crippen molar-refractivity contribution in [3.8, 4) is 0 Å². The number of rotatable bonds is 1. The topological polar surface area (TPSA) is 46.3 Å². The molecule has 1 aliphatic carbocycles. The number of likely N-dealkylation sites (tertiary alicyclic amines) is 1. The van der Waals surface area contributed by atoms with E-state index in [-0.39, 0.29) is 18.0 Å². The molecule has 1 amide bonds. The Balaban J connectivity index is 2.08. The summed E-state index contributed by atoms with van der Waals surface area (Å²) in [5.74, 6) is 0.270. The van der Waals surface area contributed by atoms with E-state index in [1.807, 2.05) is 4.90 Å². The molecule has 2 fully saturated rings. The summed E-state index contributed by atoms with van der Waals surface area (Å²) in [7, 11) is 0. The molecule has 0 aromatic rings. The molecular formula is C10H18N2O. The second-order valence-electron chi connectivity index (χ2n) is 4.35. The molecule has 2 unspecified atom stereocenters. The Bertz CT molecular complexity index is 211. The summed E-state index contributed by atoms with van der Waals surface area (Å²) in [6, 6.07) is 0.819. The second-order valence-corrected chi connectivity index (χ2v) is 4.35. The molecule has 2 aliphatic rings. The number of hydrogen-bond acceptors (Lipinski definition) is 2. The van der Waals surface area contributed by atoms with Crippen LogP contribution in [0.2, 0.25) is 0 Å². The van der Waals surface area contributed by atoms with Crippen LogP contribution < -0.4 is 5.73 Å². The van der Waals surface area contributed by atoms with Gasteiger partial charge in [-0.15, -0.1) is 0 Å². The molecule has 3 heteroatoms. The number of nitrogens with zero attached hydrogens (tertiary/aromatic N) is 1. The zero-order valence-corrected chi connectivity index (χ0v) is 8.20. The van der Waals surface area contributed by atoms with E-state index in [0.29, 0.717) is 12.5 Å². The molecule has 1 saturated heterocycles. The lowest BCUT2D eigenvalue weighted by molar-refractivity contribution is -0.130. The maximum absolute atomic E-state index is 11.6. The Morgan fingerprint density at radius 1 is 1.38 bits per heavy atom. The van der Waals surface area contributed by atoms with Gasteiger partial charge in [-0.25, -0.2) is 0 Å². The van der Waals surface area contributed by atoms with E-state index in [1.54, 1.807) is 0 Å². The minimum atomic E-state index is 0.0631. The lowest BCUT2D eigenvalue weighted by Crippen LogP contribution is -2.43. The van der Waals surface area contributed by atoms with E-state index in [4.69, 9.17) is 5.73 Å². The van der Waals surface area contributed by atoms with Gasteiger partial charge in [0, 0.05) is 24.5 Å². The third-order valence-electron chi connectivity index (χ3n) is 3.47. The summed E-state index contributed by atoms with van der Waals surface area (Å²) in [5.41, 5.74) is 5.86. The van der Waals surface area contributed by atoms with Crippen LogP contribution in [0.1, 0.15) is 39.0 Å². The average Bonchev–Trinajstić information content (AvgIpc) is 2.63. The molecule has 1 aliphatic heterocycles. The van der Waals surface area contributed by atoms with Crippen LogP contribution in [0.15, 0.2) is 0 Å². The predicted octanol–water partition coefficient (Wildman–Crippen LogP) is 0.877. The molecule has 2 rings (SSSR count). The lowest BCUT2D eigenvalue weighted by Gasteiger charge is -2.29. The quantitative estimate of drug-likeness (QED) is 0.654. The van der Waals surface area contributed by atoms with Gasteiger partial charge in [-0.2, -0.15) is 0 Å². The molecule has 0 spiro atoms. The van der Waals surface area contributed by atoms with Crippen molar-refractivity contribution in [3.05, 3.63) is 0 Å². The molecule has 0 radical (unpaired) electrons. The minimum Gasteiger partial charge on any atom is -0.335 e. The molecule has 0 aromatic carbocycles. The van der Waals surface area contributed by atoms with Gasteiger partial charge in [0.05, 0.1) is 0 Å². The molecule has 74 valence electrons. The maximum Gasteiger partial charge on any atom is 0.224 e. The normalized spacial score (nSPS) is 36.2. The molecule has 13 heavy (non-hydrogen) atoms. The molecule has 1 heterocycles. The number of carbonyl (C=O) groups is 1. The standard InChI is InChI=1S/C10H18N2O/c1-7-9(11)6-10(13)12(7)8-4-2-3-5-8/h7-9H,2-6,11H2,1H3. The first-order chi connectivity index (χ1) is 6.20. The molecule has 3 nitrogen and oxygen atoms in total. The van der Waals surface area contributed by atoms with E-state index in [9.17, 15) is 4.79 Å². The highest BCUT2D eigenvalue weighted by Gasteiger charge is 2.39. The maximum atomic E-state index is 11.6. The van der Waals surface area contributed by atoms with E-state index >= 15 is 0 Å². The van der Waals surface area contributed by atoms with Crippen molar-refractivity contribution in [3.63, 3.8) is 0 Å². The van der Waals surface area contributed by atoms with E-state index in [2.05, 4.69) is 6.92 Å². The second kappa shape index (κ2) is 3.29. The zero-order valence-electron chi connectivity index (χ0n) is 8.20. The van der Waals surface area contributed by atoms with Crippen molar-refractivity contribution in [1.82, 2.24) is 4.90 Å². The SMILES string of the molecule is CC1C(N)CC(=O)N1C1CCCC1. The van der Waals surface area contributed by atoms with Crippen LogP contribution in [0, 0.1) is 0 Å². The van der Waals surface area contributed by atoms with Crippen LogP contribution >= 0.6 is 0 Å². The zero-order chi connectivity index (χ0) is 9.42. The van der Waals surface area contributed by atoms with Crippen molar-refractivity contribution in [2.45, 2.75) is 57.2 Å². The Labute approximate surface area is 79.3 Å². The molecule has 2 N–H and O–H groups in total. The summed E-state index contributed by atoms with van der Waals surface area (Å²) in [6.45, 7) is 2.08. The van der Waals surface area contributed by atoms with Crippen LogP contribution in [0.25, 0.3) is 0 Å². The predicted molar refractivity (Wildman–Crippen MR) is 51.2 cm³/mol. The van der Waals surface area contributed by atoms with Crippen molar-refractivity contribution in [2.75, 3.05) is 0 Å². The van der Waals surface area contributed by atoms with Crippen LogP contribution in [0.5, 0.6) is 0 Å². The Kier molecular flexibility index (Phi) is 2.28. The summed E-state index contributed by atoms with van der Waals surface area (Å²) >= 11 is 0. The van der Waals surface area contributed by atoms with Gasteiger partial charge in [0.2, 0.25) is 5.91 Å². The third-order valence-corrected chi connectivity index (χ3v) is 3.47. The van der Waals surface area contributed by atoms with Crippen LogP contribution in [0.4, 0.5) is 0 Å². The smallest absolute Gasteiger partial charge is 0.224 e. The fraction of sp³-hybridized carbons (Fsp3) is 0.900. The first-order valence-electron chi connectivity index (χ1n) is 5.27. The van der Waals surface area contributed by atoms with Crippen molar-refractivity contribution in [2.24, 2.45) is 5.73 Å². The number of hydrogen-bond donors (Lipinski definition) is 1. The van der Waals surface area contributed by atoms with Gasteiger partial charge in [-0.3, -0.25) is 4.79 Å². The van der Waals surface area contributed by atoms with Crippen molar-refractivity contribution < 1.29 is 4.79 Å². The highest BCUT2D eigenvalue weighted by Crippen LogP contribution is 2.30. The van der Waals surface area contributed by atoms with Crippen LogP contribution in [-0.2, 0) is 4.79 Å². The van der Waals surface area contributed by atoms with Crippen molar-refractivity contribution >= 4 is 5.91 Å². The fourth-order valence-electron chi connectivity index (χ4n) is 2.63. The first kappa shape index (κ1) is 9.00. The van der Waals surface area contributed by atoms with Gasteiger partial charge < -0.3 is 10.6 Å². The first-order valence-corrected chi connectivity index (χ1v) is 5.27.